The first-order valence-electron chi connectivity index (χ1n) is 8.26. The number of hydrogen-bond donors (Lipinski definition) is 1. The maximum Gasteiger partial charge on any atom is 0.313 e. The number of aromatic nitrogens is 1. The molecule has 2 amide bonds. The third-order valence-electron chi connectivity index (χ3n) is 4.47. The van der Waals surface area contributed by atoms with Crippen LogP contribution in [0.1, 0.15) is 30.0 Å². The standard InChI is InChI=1S/C19H21N3O3/c1-13-8-9-20-12-16(13)21-18(23)19(24)22-10-4-7-17(22)14-5-3-6-15(11-14)25-2/h3,5-6,8-9,11-12,17H,4,7,10H2,1-2H3,(H,21,23). The molecule has 0 radical (unpaired) electrons. The highest BCUT2D eigenvalue weighted by molar-refractivity contribution is 6.39. The number of benzene rings is 1. The molecule has 6 nitrogen and oxygen atoms in total. The number of anilines is 1. The summed E-state index contributed by atoms with van der Waals surface area (Å²) in [5.41, 5.74) is 2.40. The normalized spacial score (nSPS) is 16.6. The van der Waals surface area contributed by atoms with Crippen molar-refractivity contribution in [2.24, 2.45) is 0 Å². The minimum atomic E-state index is -0.633. The maximum atomic E-state index is 12.7. The number of pyridine rings is 1. The van der Waals surface area contributed by atoms with Crippen molar-refractivity contribution in [3.05, 3.63) is 53.9 Å². The molecule has 1 aliphatic rings. The maximum absolute atomic E-state index is 12.7. The van der Waals surface area contributed by atoms with Gasteiger partial charge in [-0.3, -0.25) is 14.6 Å². The molecule has 6 heteroatoms. The molecule has 2 aromatic rings. The number of nitrogens with one attached hydrogen (secondary N) is 1. The van der Waals surface area contributed by atoms with Gasteiger partial charge in [-0.2, -0.15) is 0 Å². The van der Waals surface area contributed by atoms with Gasteiger partial charge in [0.15, 0.2) is 0 Å². The van der Waals surface area contributed by atoms with Crippen LogP contribution in [-0.4, -0.2) is 35.4 Å². The number of methoxy groups -OCH3 is 1. The van der Waals surface area contributed by atoms with Crippen molar-refractivity contribution >= 4 is 17.5 Å². The minimum absolute atomic E-state index is 0.108. The van der Waals surface area contributed by atoms with E-state index < -0.39 is 11.8 Å². The molecular formula is C19H21N3O3. The van der Waals surface area contributed by atoms with Crippen LogP contribution in [0.3, 0.4) is 0 Å². The molecule has 3 rings (SSSR count). The van der Waals surface area contributed by atoms with Crippen LogP contribution in [0, 0.1) is 6.92 Å². The van der Waals surface area contributed by atoms with Crippen LogP contribution in [-0.2, 0) is 9.59 Å². The summed E-state index contributed by atoms with van der Waals surface area (Å²) in [7, 11) is 1.61. The van der Waals surface area contributed by atoms with Gasteiger partial charge in [-0.25, -0.2) is 0 Å². The lowest BCUT2D eigenvalue weighted by Gasteiger charge is -2.25. The van der Waals surface area contributed by atoms with Gasteiger partial charge in [-0.15, -0.1) is 0 Å². The largest absolute Gasteiger partial charge is 0.497 e. The molecule has 0 aliphatic carbocycles. The van der Waals surface area contributed by atoms with E-state index in [1.165, 1.54) is 0 Å². The van der Waals surface area contributed by atoms with Crippen molar-refractivity contribution in [1.29, 1.82) is 0 Å². The first-order chi connectivity index (χ1) is 12.1. The van der Waals surface area contributed by atoms with Crippen molar-refractivity contribution in [2.45, 2.75) is 25.8 Å². The van der Waals surface area contributed by atoms with Gasteiger partial charge in [0.1, 0.15) is 5.75 Å². The molecule has 1 unspecified atom stereocenters. The van der Waals surface area contributed by atoms with E-state index in [9.17, 15) is 9.59 Å². The monoisotopic (exact) mass is 339 g/mol. The van der Waals surface area contributed by atoms with Crippen LogP contribution in [0.25, 0.3) is 0 Å². The van der Waals surface area contributed by atoms with Crippen LogP contribution < -0.4 is 10.1 Å². The summed E-state index contributed by atoms with van der Waals surface area (Å²) in [5.74, 6) is -0.410. The fraction of sp³-hybridized carbons (Fsp3) is 0.316. The number of aryl methyl sites for hydroxylation is 1. The molecule has 1 aliphatic heterocycles. The van der Waals surface area contributed by atoms with Gasteiger partial charge in [-0.05, 0) is 49.1 Å². The summed E-state index contributed by atoms with van der Waals surface area (Å²) in [5, 5.41) is 2.66. The lowest BCUT2D eigenvalue weighted by Crippen LogP contribution is -2.39. The fourth-order valence-corrected chi connectivity index (χ4v) is 3.11. The van der Waals surface area contributed by atoms with E-state index in [1.54, 1.807) is 30.5 Å². The summed E-state index contributed by atoms with van der Waals surface area (Å²) in [4.78, 5) is 30.7. The molecule has 0 spiro atoms. The smallest absolute Gasteiger partial charge is 0.313 e. The van der Waals surface area contributed by atoms with Gasteiger partial charge in [0.25, 0.3) is 0 Å². The van der Waals surface area contributed by atoms with Gasteiger partial charge in [-0.1, -0.05) is 12.1 Å². The van der Waals surface area contributed by atoms with E-state index in [0.29, 0.717) is 12.2 Å². The zero-order valence-electron chi connectivity index (χ0n) is 14.4. The second-order valence-corrected chi connectivity index (χ2v) is 6.08. The Bertz CT molecular complexity index is 791. The van der Waals surface area contributed by atoms with Gasteiger partial charge in [0.2, 0.25) is 0 Å². The molecule has 1 atom stereocenters. The Morgan fingerprint density at radius 2 is 2.16 bits per heavy atom. The Morgan fingerprint density at radius 3 is 2.92 bits per heavy atom. The average Bonchev–Trinajstić information content (AvgIpc) is 3.12. The second kappa shape index (κ2) is 7.34. The summed E-state index contributed by atoms with van der Waals surface area (Å²) < 4.78 is 5.26. The predicted octanol–water partition coefficient (Wildman–Crippen LogP) is 2.70. The molecule has 1 N–H and O–H groups in total. The average molecular weight is 339 g/mol. The Kier molecular flexibility index (Phi) is 4.97. The van der Waals surface area contributed by atoms with Crippen molar-refractivity contribution < 1.29 is 14.3 Å². The highest BCUT2D eigenvalue weighted by Gasteiger charge is 2.33. The number of likely N-dealkylation sites (tertiary alicyclic amines) is 1. The number of rotatable bonds is 3. The molecule has 1 saturated heterocycles. The van der Waals surface area contributed by atoms with Crippen molar-refractivity contribution in [3.8, 4) is 5.75 Å². The number of amides is 2. The first-order valence-corrected chi connectivity index (χ1v) is 8.26. The molecule has 0 bridgehead atoms. The second-order valence-electron chi connectivity index (χ2n) is 6.08. The minimum Gasteiger partial charge on any atom is -0.497 e. The van der Waals surface area contributed by atoms with E-state index in [1.807, 2.05) is 31.2 Å². The van der Waals surface area contributed by atoms with Crippen LogP contribution >= 0.6 is 0 Å². The van der Waals surface area contributed by atoms with E-state index >= 15 is 0 Å². The number of carbonyl (C=O) groups excluding carboxylic acids is 2. The Hall–Kier alpha value is -2.89. The number of nitrogens with zero attached hydrogens (tertiary/aromatic N) is 2. The van der Waals surface area contributed by atoms with Gasteiger partial charge in [0.05, 0.1) is 25.0 Å². The zero-order chi connectivity index (χ0) is 17.8. The Morgan fingerprint density at radius 1 is 1.32 bits per heavy atom. The molecule has 130 valence electrons. The van der Waals surface area contributed by atoms with Gasteiger partial charge in [0, 0.05) is 12.7 Å². The van der Waals surface area contributed by atoms with Crippen LogP contribution in [0.4, 0.5) is 5.69 Å². The summed E-state index contributed by atoms with van der Waals surface area (Å²) in [6.07, 6.45) is 4.89. The van der Waals surface area contributed by atoms with Gasteiger partial charge >= 0.3 is 11.8 Å². The number of carbonyl (C=O) groups is 2. The molecule has 25 heavy (non-hydrogen) atoms. The molecule has 1 fully saturated rings. The summed E-state index contributed by atoms with van der Waals surface area (Å²) in [6, 6.07) is 9.32. The molecule has 1 aromatic carbocycles. The first kappa shape index (κ1) is 17.0. The number of ether oxygens (including phenoxy) is 1. The summed E-state index contributed by atoms with van der Waals surface area (Å²) in [6.45, 7) is 2.43. The lowest BCUT2D eigenvalue weighted by atomic mass is 10.0. The molecule has 1 aromatic heterocycles. The third-order valence-corrected chi connectivity index (χ3v) is 4.47. The Balaban J connectivity index is 1.76. The molecular weight excluding hydrogens is 318 g/mol. The van der Waals surface area contributed by atoms with Crippen LogP contribution in [0.15, 0.2) is 42.7 Å². The van der Waals surface area contributed by atoms with Crippen molar-refractivity contribution in [1.82, 2.24) is 9.88 Å². The van der Waals surface area contributed by atoms with E-state index in [0.717, 1.165) is 29.7 Å². The van der Waals surface area contributed by atoms with E-state index in [4.69, 9.17) is 4.74 Å². The number of hydrogen-bond acceptors (Lipinski definition) is 4. The SMILES string of the molecule is COc1cccc(C2CCCN2C(=O)C(=O)Nc2cnccc2C)c1. The lowest BCUT2D eigenvalue weighted by molar-refractivity contribution is -0.143. The van der Waals surface area contributed by atoms with Gasteiger partial charge < -0.3 is 15.0 Å². The highest BCUT2D eigenvalue weighted by Crippen LogP contribution is 2.33. The van der Waals surface area contributed by atoms with E-state index in [2.05, 4.69) is 10.3 Å². The summed E-state index contributed by atoms with van der Waals surface area (Å²) >= 11 is 0. The van der Waals surface area contributed by atoms with Crippen LogP contribution in [0.5, 0.6) is 5.75 Å². The van der Waals surface area contributed by atoms with Crippen LogP contribution in [0.2, 0.25) is 0 Å². The Labute approximate surface area is 146 Å². The van der Waals surface area contributed by atoms with E-state index in [-0.39, 0.29) is 6.04 Å². The quantitative estimate of drug-likeness (QED) is 0.873. The predicted molar refractivity (Wildman–Crippen MR) is 94.3 cm³/mol. The van der Waals surface area contributed by atoms with Crippen molar-refractivity contribution in [2.75, 3.05) is 19.0 Å². The zero-order valence-corrected chi connectivity index (χ0v) is 14.4. The molecule has 2 heterocycles. The molecule has 0 saturated carbocycles. The van der Waals surface area contributed by atoms with Crippen molar-refractivity contribution in [3.63, 3.8) is 0 Å². The fourth-order valence-electron chi connectivity index (χ4n) is 3.11. The third kappa shape index (κ3) is 3.63. The topological polar surface area (TPSA) is 71.5 Å². The highest BCUT2D eigenvalue weighted by atomic mass is 16.5.